The van der Waals surface area contributed by atoms with Crippen molar-refractivity contribution < 1.29 is 4.79 Å². The first-order chi connectivity index (χ1) is 10.7. The highest BCUT2D eigenvalue weighted by atomic mass is 35.5. The van der Waals surface area contributed by atoms with Crippen LogP contribution in [0.15, 0.2) is 48.5 Å². The van der Waals surface area contributed by atoms with Gasteiger partial charge < -0.3 is 10.6 Å². The third-order valence-corrected chi connectivity index (χ3v) is 4.40. The quantitative estimate of drug-likeness (QED) is 0.944. The molecule has 0 aliphatic carbocycles. The number of amides is 1. The molecule has 4 heteroatoms. The van der Waals surface area contributed by atoms with Crippen LogP contribution in [0.5, 0.6) is 0 Å². The Morgan fingerprint density at radius 1 is 1.18 bits per heavy atom. The van der Waals surface area contributed by atoms with Gasteiger partial charge in [-0.15, -0.1) is 0 Å². The van der Waals surface area contributed by atoms with Crippen molar-refractivity contribution in [3.05, 3.63) is 70.2 Å². The largest absolute Gasteiger partial charge is 0.331 e. The number of nitrogens with zero attached hydrogens (tertiary/aromatic N) is 1. The Morgan fingerprint density at radius 2 is 1.95 bits per heavy atom. The molecule has 22 heavy (non-hydrogen) atoms. The maximum atomic E-state index is 12.5. The lowest BCUT2D eigenvalue weighted by atomic mass is 9.89. The lowest BCUT2D eigenvalue weighted by molar-refractivity contribution is -0.134. The Labute approximate surface area is 135 Å². The second-order valence-electron chi connectivity index (χ2n) is 5.60. The summed E-state index contributed by atoms with van der Waals surface area (Å²) in [4.78, 5) is 14.4. The van der Waals surface area contributed by atoms with Gasteiger partial charge in [0.1, 0.15) is 0 Å². The molecule has 0 aromatic heterocycles. The van der Waals surface area contributed by atoms with Crippen molar-refractivity contribution in [3.8, 4) is 0 Å². The lowest BCUT2D eigenvalue weighted by Gasteiger charge is -2.37. The van der Waals surface area contributed by atoms with Crippen molar-refractivity contribution in [1.29, 1.82) is 0 Å². The van der Waals surface area contributed by atoms with E-state index in [4.69, 9.17) is 17.3 Å². The van der Waals surface area contributed by atoms with Crippen LogP contribution in [0.4, 0.5) is 0 Å². The third kappa shape index (κ3) is 3.01. The predicted molar refractivity (Wildman–Crippen MR) is 88.6 cm³/mol. The van der Waals surface area contributed by atoms with Crippen LogP contribution in [0.2, 0.25) is 5.02 Å². The number of benzene rings is 2. The molecule has 3 rings (SSSR count). The average Bonchev–Trinajstić information content (AvgIpc) is 2.54. The van der Waals surface area contributed by atoms with Gasteiger partial charge in [0.05, 0.1) is 6.04 Å². The number of rotatable bonds is 3. The van der Waals surface area contributed by atoms with Crippen molar-refractivity contribution in [3.63, 3.8) is 0 Å². The fraction of sp³-hybridized carbons (Fsp3) is 0.278. The first-order valence-electron chi connectivity index (χ1n) is 7.51. The van der Waals surface area contributed by atoms with E-state index >= 15 is 0 Å². The molecule has 0 bridgehead atoms. The number of carbonyl (C=O) groups excluding carboxylic acids is 1. The normalized spacial score (nSPS) is 17.2. The third-order valence-electron chi connectivity index (χ3n) is 4.16. The highest BCUT2D eigenvalue weighted by Gasteiger charge is 2.30. The number of halogens is 1. The molecule has 2 aromatic carbocycles. The minimum absolute atomic E-state index is 0.0638. The molecule has 3 nitrogen and oxygen atoms in total. The van der Waals surface area contributed by atoms with Crippen LogP contribution in [0.1, 0.15) is 29.2 Å². The Hall–Kier alpha value is -1.84. The molecule has 1 aliphatic rings. The van der Waals surface area contributed by atoms with Crippen LogP contribution in [-0.2, 0) is 17.8 Å². The summed E-state index contributed by atoms with van der Waals surface area (Å²) in [5, 5.41) is 0.711. The summed E-state index contributed by atoms with van der Waals surface area (Å²) in [6.45, 7) is 0.966. The van der Waals surface area contributed by atoms with Crippen LogP contribution in [-0.4, -0.2) is 17.4 Å². The maximum absolute atomic E-state index is 12.5. The summed E-state index contributed by atoms with van der Waals surface area (Å²) in [6, 6.07) is 16.2. The van der Waals surface area contributed by atoms with Crippen LogP contribution in [0, 0.1) is 0 Å². The summed E-state index contributed by atoms with van der Waals surface area (Å²) in [5.74, 6) is 0.0991. The van der Waals surface area contributed by atoms with Gasteiger partial charge in [-0.05, 0) is 35.2 Å². The zero-order valence-electron chi connectivity index (χ0n) is 12.3. The highest BCUT2D eigenvalue weighted by molar-refractivity contribution is 6.30. The average molecular weight is 315 g/mol. The maximum Gasteiger partial charge on any atom is 0.224 e. The Bertz CT molecular complexity index is 672. The molecule has 1 aliphatic heterocycles. The molecule has 2 N–H and O–H groups in total. The van der Waals surface area contributed by atoms with Gasteiger partial charge in [0.2, 0.25) is 5.91 Å². The summed E-state index contributed by atoms with van der Waals surface area (Å²) >= 11 is 6.10. The molecule has 2 aromatic rings. The molecule has 1 heterocycles. The van der Waals surface area contributed by atoms with Crippen molar-refractivity contribution >= 4 is 17.5 Å². The molecule has 0 saturated heterocycles. The van der Waals surface area contributed by atoms with E-state index in [1.165, 1.54) is 5.56 Å². The Kier molecular flexibility index (Phi) is 4.46. The summed E-state index contributed by atoms with van der Waals surface area (Å²) in [6.07, 6.45) is 1.19. The second-order valence-corrected chi connectivity index (χ2v) is 6.04. The van der Waals surface area contributed by atoms with Gasteiger partial charge in [-0.1, -0.05) is 48.0 Å². The summed E-state index contributed by atoms with van der Waals surface area (Å²) in [5.41, 5.74) is 9.12. The molecule has 0 radical (unpaired) electrons. The van der Waals surface area contributed by atoms with Crippen LogP contribution in [0.3, 0.4) is 0 Å². The number of fused-ring (bicyclic) bond motifs is 1. The van der Waals surface area contributed by atoms with E-state index in [0.717, 1.165) is 17.5 Å². The monoisotopic (exact) mass is 314 g/mol. The summed E-state index contributed by atoms with van der Waals surface area (Å²) in [7, 11) is 0. The van der Waals surface area contributed by atoms with E-state index in [1.54, 1.807) is 0 Å². The molecule has 0 saturated carbocycles. The van der Waals surface area contributed by atoms with Crippen LogP contribution >= 0.6 is 11.6 Å². The SMILES string of the molecule is NCCC(=O)N1Cc2cc(Cl)ccc2CC1c1ccccc1. The molecule has 1 amide bonds. The Balaban J connectivity index is 1.98. The minimum atomic E-state index is 0.0638. The van der Waals surface area contributed by atoms with Gasteiger partial charge in [0.15, 0.2) is 0 Å². The molecule has 114 valence electrons. The van der Waals surface area contributed by atoms with Gasteiger partial charge in [-0.3, -0.25) is 4.79 Å². The van der Waals surface area contributed by atoms with Crippen molar-refractivity contribution in [2.45, 2.75) is 25.4 Å². The molecule has 0 spiro atoms. The fourth-order valence-corrected chi connectivity index (χ4v) is 3.25. The van der Waals surface area contributed by atoms with Crippen molar-refractivity contribution in [2.75, 3.05) is 6.54 Å². The minimum Gasteiger partial charge on any atom is -0.331 e. The number of nitrogens with two attached hydrogens (primary N) is 1. The van der Waals surface area contributed by atoms with Gasteiger partial charge in [-0.2, -0.15) is 0 Å². The zero-order valence-corrected chi connectivity index (χ0v) is 13.1. The van der Waals surface area contributed by atoms with Gasteiger partial charge in [0.25, 0.3) is 0 Å². The number of hydrogen-bond donors (Lipinski definition) is 1. The first kappa shape index (κ1) is 15.1. The standard InChI is InChI=1S/C18H19ClN2O/c19-16-7-6-14-11-17(13-4-2-1-3-5-13)21(12-15(14)10-16)18(22)8-9-20/h1-7,10,17H,8-9,11-12,20H2. The van der Waals surface area contributed by atoms with Crippen molar-refractivity contribution in [2.24, 2.45) is 5.73 Å². The second kappa shape index (κ2) is 6.51. The topological polar surface area (TPSA) is 46.3 Å². The molecule has 1 unspecified atom stereocenters. The fourth-order valence-electron chi connectivity index (χ4n) is 3.06. The van der Waals surface area contributed by atoms with E-state index in [9.17, 15) is 4.79 Å². The van der Waals surface area contributed by atoms with E-state index < -0.39 is 0 Å². The number of hydrogen-bond acceptors (Lipinski definition) is 2. The predicted octanol–water partition coefficient (Wildman–Crippen LogP) is 3.31. The zero-order chi connectivity index (χ0) is 15.5. The lowest BCUT2D eigenvalue weighted by Crippen LogP contribution is -2.39. The van der Waals surface area contributed by atoms with Gasteiger partial charge in [-0.25, -0.2) is 0 Å². The molecule has 1 atom stereocenters. The number of carbonyl (C=O) groups is 1. The first-order valence-corrected chi connectivity index (χ1v) is 7.88. The van der Waals surface area contributed by atoms with Crippen molar-refractivity contribution in [1.82, 2.24) is 4.90 Å². The Morgan fingerprint density at radius 3 is 2.68 bits per heavy atom. The van der Waals surface area contributed by atoms with Crippen LogP contribution < -0.4 is 5.73 Å². The molecule has 0 fully saturated rings. The van der Waals surface area contributed by atoms with E-state index in [0.29, 0.717) is 24.5 Å². The smallest absolute Gasteiger partial charge is 0.224 e. The van der Waals surface area contributed by atoms with Gasteiger partial charge in [0, 0.05) is 24.5 Å². The molecular formula is C18H19ClN2O. The van der Waals surface area contributed by atoms with E-state index in [2.05, 4.69) is 18.2 Å². The van der Waals surface area contributed by atoms with Crippen LogP contribution in [0.25, 0.3) is 0 Å². The van der Waals surface area contributed by atoms with E-state index in [1.807, 2.05) is 35.2 Å². The summed E-state index contributed by atoms with van der Waals surface area (Å²) < 4.78 is 0. The van der Waals surface area contributed by atoms with E-state index in [-0.39, 0.29) is 11.9 Å². The van der Waals surface area contributed by atoms with Gasteiger partial charge >= 0.3 is 0 Å². The molecular weight excluding hydrogens is 296 g/mol. The highest BCUT2D eigenvalue weighted by Crippen LogP contribution is 2.34.